The fraction of sp³-hybridized carbons (Fsp3) is 0.731. The van der Waals surface area contributed by atoms with E-state index in [1.807, 2.05) is 4.90 Å². The van der Waals surface area contributed by atoms with E-state index in [1.54, 1.807) is 16.7 Å². The third-order valence-corrected chi connectivity index (χ3v) is 9.95. The molecular weight excluding hydrogens is 452 g/mol. The van der Waals surface area contributed by atoms with Crippen LogP contribution in [0.25, 0.3) is 0 Å². The third kappa shape index (κ3) is 4.00. The average molecular weight is 489 g/mol. The Morgan fingerprint density at radius 2 is 1.88 bits per heavy atom. The highest BCUT2D eigenvalue weighted by Crippen LogP contribution is 2.60. The molecule has 1 N–H and O–H groups in total. The van der Waals surface area contributed by atoms with Gasteiger partial charge in [0.25, 0.3) is 0 Å². The second-order valence-corrected chi connectivity index (χ2v) is 11.7. The number of nitrogens with zero attached hydrogens (tertiary/aromatic N) is 2. The number of rotatable bonds is 4. The van der Waals surface area contributed by atoms with Gasteiger partial charge in [-0.25, -0.2) is 0 Å². The number of carbonyl (C=O) groups is 3. The van der Waals surface area contributed by atoms with Crippen molar-refractivity contribution in [1.82, 2.24) is 9.80 Å². The summed E-state index contributed by atoms with van der Waals surface area (Å²) >= 11 is 1.60. The molecule has 7 nitrogen and oxygen atoms in total. The molecule has 1 saturated carbocycles. The summed E-state index contributed by atoms with van der Waals surface area (Å²) in [5.74, 6) is -1.71. The Balaban J connectivity index is 1.55. The van der Waals surface area contributed by atoms with E-state index in [0.29, 0.717) is 26.1 Å². The van der Waals surface area contributed by atoms with Crippen molar-refractivity contribution in [1.29, 1.82) is 0 Å². The summed E-state index contributed by atoms with van der Waals surface area (Å²) in [5.41, 5.74) is 0. The molecule has 5 atom stereocenters. The number of hydrogen-bond acceptors (Lipinski definition) is 6. The first kappa shape index (κ1) is 23.9. The molecule has 0 bridgehead atoms. The van der Waals surface area contributed by atoms with Crippen LogP contribution in [-0.2, 0) is 19.1 Å². The highest BCUT2D eigenvalue weighted by atomic mass is 32.2. The lowest BCUT2D eigenvalue weighted by molar-refractivity contribution is -0.153. The van der Waals surface area contributed by atoms with Crippen molar-refractivity contribution in [2.24, 2.45) is 11.8 Å². The van der Waals surface area contributed by atoms with Gasteiger partial charge in [-0.1, -0.05) is 43.6 Å². The Bertz CT molecular complexity index is 869. The number of carbonyl (C=O) groups excluding carboxylic acids is 3. The molecular formula is C26H36N2O5S. The first-order valence-corrected chi connectivity index (χ1v) is 13.9. The highest BCUT2D eigenvalue weighted by molar-refractivity contribution is 8.02. The Morgan fingerprint density at radius 3 is 2.68 bits per heavy atom. The summed E-state index contributed by atoms with van der Waals surface area (Å²) in [5, 5.41) is 9.31. The lowest BCUT2D eigenvalue weighted by Gasteiger charge is -2.39. The molecule has 5 aliphatic rings. The predicted octanol–water partition coefficient (Wildman–Crippen LogP) is 2.68. The van der Waals surface area contributed by atoms with Crippen LogP contribution in [0.15, 0.2) is 24.3 Å². The van der Waals surface area contributed by atoms with E-state index < -0.39 is 22.6 Å². The molecule has 0 aromatic heterocycles. The molecule has 8 heteroatoms. The van der Waals surface area contributed by atoms with Gasteiger partial charge >= 0.3 is 5.97 Å². The number of hydrogen-bond donors (Lipinski definition) is 1. The van der Waals surface area contributed by atoms with Gasteiger partial charge in [-0.2, -0.15) is 0 Å². The minimum atomic E-state index is -0.792. The predicted molar refractivity (Wildman–Crippen MR) is 130 cm³/mol. The zero-order chi connectivity index (χ0) is 23.7. The number of aliphatic hydroxyl groups is 1. The second-order valence-electron chi connectivity index (χ2n) is 10.2. The highest BCUT2D eigenvalue weighted by Gasteiger charge is 2.71. The number of cyclic esters (lactones) is 1. The van der Waals surface area contributed by atoms with Crippen LogP contribution >= 0.6 is 11.8 Å². The van der Waals surface area contributed by atoms with Gasteiger partial charge in [0.2, 0.25) is 11.8 Å². The molecule has 2 saturated heterocycles. The smallest absolute Gasteiger partial charge is 0.311 e. The monoisotopic (exact) mass is 488 g/mol. The zero-order valence-corrected chi connectivity index (χ0v) is 20.6. The summed E-state index contributed by atoms with van der Waals surface area (Å²) in [7, 11) is 0. The molecule has 0 aromatic rings. The molecule has 1 unspecified atom stereocenters. The van der Waals surface area contributed by atoms with Crippen molar-refractivity contribution in [2.45, 2.75) is 79.9 Å². The van der Waals surface area contributed by atoms with Gasteiger partial charge in [0.05, 0.1) is 23.2 Å². The van der Waals surface area contributed by atoms with Crippen molar-refractivity contribution < 1.29 is 24.2 Å². The maximum absolute atomic E-state index is 14.2. The normalized spacial score (nSPS) is 37.6. The Hall–Kier alpha value is -1.80. The van der Waals surface area contributed by atoms with E-state index in [4.69, 9.17) is 4.74 Å². The summed E-state index contributed by atoms with van der Waals surface area (Å²) in [6.45, 7) is 1.19. The molecule has 5 rings (SSSR count). The number of thioether (sulfide) groups is 1. The molecule has 2 amide bonds. The van der Waals surface area contributed by atoms with Gasteiger partial charge < -0.3 is 19.6 Å². The summed E-state index contributed by atoms with van der Waals surface area (Å²) in [6, 6.07) is -0.451. The minimum Gasteiger partial charge on any atom is -0.465 e. The summed E-state index contributed by atoms with van der Waals surface area (Å²) < 4.78 is 4.85. The molecule has 4 heterocycles. The second kappa shape index (κ2) is 10.1. The topological polar surface area (TPSA) is 87.2 Å². The lowest BCUT2D eigenvalue weighted by Crippen LogP contribution is -2.55. The minimum absolute atomic E-state index is 0.000692. The Morgan fingerprint density at radius 1 is 1.06 bits per heavy atom. The van der Waals surface area contributed by atoms with Crippen molar-refractivity contribution in [3.8, 4) is 0 Å². The average Bonchev–Trinajstić information content (AvgIpc) is 3.23. The third-order valence-electron chi connectivity index (χ3n) is 8.20. The molecule has 3 fully saturated rings. The molecule has 0 aromatic carbocycles. The zero-order valence-electron chi connectivity index (χ0n) is 19.8. The van der Waals surface area contributed by atoms with Crippen molar-refractivity contribution in [3.63, 3.8) is 0 Å². The van der Waals surface area contributed by atoms with Crippen molar-refractivity contribution in [2.75, 3.05) is 26.3 Å². The van der Waals surface area contributed by atoms with Crippen molar-refractivity contribution in [3.05, 3.63) is 24.3 Å². The van der Waals surface area contributed by atoms with E-state index in [1.165, 1.54) is 6.42 Å². The van der Waals surface area contributed by atoms with Crippen LogP contribution in [0.3, 0.4) is 0 Å². The van der Waals surface area contributed by atoms with E-state index in [-0.39, 0.29) is 35.7 Å². The van der Waals surface area contributed by atoms with Crippen molar-refractivity contribution >= 4 is 29.5 Å². The Labute approximate surface area is 205 Å². The SMILES string of the molecule is O=C1OCCCC/C=C\[C@@H]2S[C@]34C=CCN(C5CCCCC5)C(=O)C3N(CCCO)C(=O)[C@@H]4[C@H]12. The number of esters is 1. The summed E-state index contributed by atoms with van der Waals surface area (Å²) in [4.78, 5) is 45.1. The standard InChI is InChI=1S/C26H36N2O5S/c29-16-9-15-28-22-24(31)27(18-10-4-3-5-11-18)14-8-13-26(22)21(23(28)30)20-19(34-26)12-6-1-2-7-17-33-25(20)32/h6,8,12-13,18-22,29H,1-5,7,9-11,14-17H2/b12-6-/t19-,20+,21-,22?,26-/m0/s1. The van der Waals surface area contributed by atoms with Gasteiger partial charge in [0, 0.05) is 31.0 Å². The molecule has 1 aliphatic carbocycles. The van der Waals surface area contributed by atoms with Crippen LogP contribution in [0, 0.1) is 11.8 Å². The first-order valence-electron chi connectivity index (χ1n) is 13.0. The van der Waals surface area contributed by atoms with Crippen LogP contribution in [0.2, 0.25) is 0 Å². The molecule has 0 radical (unpaired) electrons. The van der Waals surface area contributed by atoms with E-state index in [9.17, 15) is 19.5 Å². The fourth-order valence-electron chi connectivity index (χ4n) is 6.64. The van der Waals surface area contributed by atoms with Gasteiger partial charge in [-0.15, -0.1) is 11.8 Å². The van der Waals surface area contributed by atoms with Crippen LogP contribution in [0.4, 0.5) is 0 Å². The van der Waals surface area contributed by atoms with Gasteiger partial charge in [-0.3, -0.25) is 14.4 Å². The van der Waals surface area contributed by atoms with Crippen LogP contribution in [-0.4, -0.2) is 81.1 Å². The maximum atomic E-state index is 14.2. The molecule has 4 aliphatic heterocycles. The number of likely N-dealkylation sites (tertiary alicyclic amines) is 1. The number of ether oxygens (including phenoxy) is 1. The first-order chi connectivity index (χ1) is 16.6. The lowest BCUT2D eigenvalue weighted by atomic mass is 9.78. The quantitative estimate of drug-likeness (QED) is 0.484. The maximum Gasteiger partial charge on any atom is 0.311 e. The molecule has 1 spiro atoms. The number of fused-ring (bicyclic) bond motifs is 2. The Kier molecular flexibility index (Phi) is 7.07. The molecule has 34 heavy (non-hydrogen) atoms. The van der Waals surface area contributed by atoms with Gasteiger partial charge in [-0.05, 0) is 38.5 Å². The van der Waals surface area contributed by atoms with Crippen LogP contribution in [0.5, 0.6) is 0 Å². The van der Waals surface area contributed by atoms with E-state index in [0.717, 1.165) is 44.9 Å². The number of aliphatic hydroxyl groups excluding tert-OH is 1. The number of allylic oxidation sites excluding steroid dienone is 1. The summed E-state index contributed by atoms with van der Waals surface area (Å²) in [6.07, 6.45) is 16.9. The van der Waals surface area contributed by atoms with E-state index >= 15 is 0 Å². The fourth-order valence-corrected chi connectivity index (χ4v) is 8.64. The van der Waals surface area contributed by atoms with Gasteiger partial charge in [0.15, 0.2) is 0 Å². The van der Waals surface area contributed by atoms with Crippen LogP contribution in [0.1, 0.15) is 57.8 Å². The largest absolute Gasteiger partial charge is 0.465 e. The number of amides is 2. The molecule has 186 valence electrons. The van der Waals surface area contributed by atoms with E-state index in [2.05, 4.69) is 24.3 Å². The van der Waals surface area contributed by atoms with Gasteiger partial charge in [0.1, 0.15) is 6.04 Å². The van der Waals surface area contributed by atoms with Crippen LogP contribution < -0.4 is 0 Å².